The fourth-order valence-corrected chi connectivity index (χ4v) is 4.77. The van der Waals surface area contributed by atoms with E-state index in [1.807, 2.05) is 17.0 Å². The molecule has 2 aromatic rings. The zero-order valence-electron chi connectivity index (χ0n) is 15.7. The number of amides is 1. The standard InChI is InChI=1S/C18H25N7O.2ClH/c26-18(15-11-13-3-1-2-4-14(13)20-15)24-9-7-23(8-10-24)17-6-5-16-21-19-12-25(16)22-17;;/h5-6,12-15,20H,1-4,7-11H2;2*1H. The van der Waals surface area contributed by atoms with Gasteiger partial charge in [-0.25, -0.2) is 0 Å². The zero-order valence-corrected chi connectivity index (χ0v) is 17.4. The summed E-state index contributed by atoms with van der Waals surface area (Å²) < 4.78 is 1.69. The Hall–Kier alpha value is -1.64. The number of anilines is 1. The molecule has 8 nitrogen and oxygen atoms in total. The van der Waals surface area contributed by atoms with E-state index >= 15 is 0 Å². The Morgan fingerprint density at radius 3 is 2.64 bits per heavy atom. The monoisotopic (exact) mass is 427 g/mol. The molecule has 0 radical (unpaired) electrons. The first-order valence-electron chi connectivity index (χ1n) is 9.75. The van der Waals surface area contributed by atoms with Gasteiger partial charge < -0.3 is 15.1 Å². The van der Waals surface area contributed by atoms with Crippen molar-refractivity contribution in [1.29, 1.82) is 0 Å². The van der Waals surface area contributed by atoms with Crippen molar-refractivity contribution in [3.63, 3.8) is 0 Å². The van der Waals surface area contributed by atoms with E-state index in [0.717, 1.165) is 44.1 Å². The SMILES string of the molecule is Cl.Cl.O=C(C1CC2CCCCC2N1)N1CCN(c2ccc3nncn3n2)CC1. The van der Waals surface area contributed by atoms with Crippen molar-refractivity contribution >= 4 is 42.2 Å². The maximum absolute atomic E-state index is 12.9. The molecule has 1 saturated carbocycles. The number of rotatable bonds is 2. The van der Waals surface area contributed by atoms with Crippen molar-refractivity contribution < 1.29 is 4.79 Å². The molecule has 3 aliphatic rings. The zero-order chi connectivity index (χ0) is 17.5. The first-order valence-corrected chi connectivity index (χ1v) is 9.75. The van der Waals surface area contributed by atoms with E-state index in [0.29, 0.717) is 17.9 Å². The largest absolute Gasteiger partial charge is 0.352 e. The molecule has 154 valence electrons. The number of nitrogens with one attached hydrogen (secondary N) is 1. The summed E-state index contributed by atoms with van der Waals surface area (Å²) in [5, 5.41) is 16.0. The number of piperazine rings is 1. The molecule has 3 unspecified atom stereocenters. The first-order chi connectivity index (χ1) is 12.8. The molecule has 0 spiro atoms. The molecular weight excluding hydrogens is 401 g/mol. The highest BCUT2D eigenvalue weighted by atomic mass is 35.5. The Morgan fingerprint density at radius 1 is 1.07 bits per heavy atom. The van der Waals surface area contributed by atoms with Gasteiger partial charge in [-0.15, -0.1) is 40.1 Å². The van der Waals surface area contributed by atoms with Crippen LogP contribution in [-0.4, -0.2) is 68.9 Å². The number of carbonyl (C=O) groups excluding carboxylic acids is 1. The number of halogens is 2. The highest BCUT2D eigenvalue weighted by Crippen LogP contribution is 2.33. The van der Waals surface area contributed by atoms with E-state index in [1.165, 1.54) is 25.7 Å². The lowest BCUT2D eigenvalue weighted by Crippen LogP contribution is -2.53. The number of hydrogen-bond donors (Lipinski definition) is 1. The summed E-state index contributed by atoms with van der Waals surface area (Å²) in [4.78, 5) is 17.2. The van der Waals surface area contributed by atoms with Gasteiger partial charge in [0, 0.05) is 32.2 Å². The van der Waals surface area contributed by atoms with Gasteiger partial charge in [-0.3, -0.25) is 4.79 Å². The average Bonchev–Trinajstić information content (AvgIpc) is 3.33. The summed E-state index contributed by atoms with van der Waals surface area (Å²) >= 11 is 0. The lowest BCUT2D eigenvalue weighted by molar-refractivity contribution is -0.133. The molecule has 0 bridgehead atoms. The lowest BCUT2D eigenvalue weighted by atomic mass is 9.85. The van der Waals surface area contributed by atoms with Gasteiger partial charge in [-0.1, -0.05) is 12.8 Å². The second-order valence-electron chi connectivity index (χ2n) is 7.74. The summed E-state index contributed by atoms with van der Waals surface area (Å²) in [6.45, 7) is 3.14. The van der Waals surface area contributed by atoms with Gasteiger partial charge in [0.2, 0.25) is 5.91 Å². The highest BCUT2D eigenvalue weighted by Gasteiger charge is 2.40. The molecule has 1 amide bonds. The minimum Gasteiger partial charge on any atom is -0.352 e. The average molecular weight is 428 g/mol. The third kappa shape index (κ3) is 3.90. The number of aromatic nitrogens is 4. The van der Waals surface area contributed by atoms with E-state index in [1.54, 1.807) is 10.8 Å². The number of fused-ring (bicyclic) bond motifs is 2. The molecule has 10 heteroatoms. The van der Waals surface area contributed by atoms with Crippen LogP contribution in [0.3, 0.4) is 0 Å². The van der Waals surface area contributed by atoms with E-state index in [2.05, 4.69) is 25.5 Å². The molecular formula is C18H27Cl2N7O. The molecule has 0 aromatic carbocycles. The summed E-state index contributed by atoms with van der Waals surface area (Å²) in [6.07, 6.45) is 7.79. The molecule has 28 heavy (non-hydrogen) atoms. The Balaban J connectivity index is 0.00000112. The normalized spacial score (nSPS) is 27.1. The molecule has 2 aromatic heterocycles. The van der Waals surface area contributed by atoms with Crippen LogP contribution >= 0.6 is 24.8 Å². The minimum absolute atomic E-state index is 0. The summed E-state index contributed by atoms with van der Waals surface area (Å²) in [5.74, 6) is 1.91. The van der Waals surface area contributed by atoms with Crippen LogP contribution in [0, 0.1) is 5.92 Å². The summed E-state index contributed by atoms with van der Waals surface area (Å²) in [6, 6.07) is 4.50. The summed E-state index contributed by atoms with van der Waals surface area (Å²) in [7, 11) is 0. The molecule has 4 heterocycles. The molecule has 1 N–H and O–H groups in total. The first kappa shape index (κ1) is 21.1. The molecule has 2 saturated heterocycles. The third-order valence-corrected chi connectivity index (χ3v) is 6.22. The van der Waals surface area contributed by atoms with Crippen LogP contribution in [0.2, 0.25) is 0 Å². The third-order valence-electron chi connectivity index (χ3n) is 6.22. The van der Waals surface area contributed by atoms with Crippen LogP contribution < -0.4 is 10.2 Å². The maximum atomic E-state index is 12.9. The quantitative estimate of drug-likeness (QED) is 0.782. The Labute approximate surface area is 176 Å². The van der Waals surface area contributed by atoms with Crippen LogP contribution in [0.25, 0.3) is 5.65 Å². The van der Waals surface area contributed by atoms with Crippen molar-refractivity contribution in [3.05, 3.63) is 18.5 Å². The summed E-state index contributed by atoms with van der Waals surface area (Å²) in [5.41, 5.74) is 0.747. The van der Waals surface area contributed by atoms with Gasteiger partial charge in [0.15, 0.2) is 5.65 Å². The number of carbonyl (C=O) groups is 1. The number of hydrogen-bond acceptors (Lipinski definition) is 6. The lowest BCUT2D eigenvalue weighted by Gasteiger charge is -2.36. The molecule has 5 rings (SSSR count). The van der Waals surface area contributed by atoms with Crippen molar-refractivity contribution in [3.8, 4) is 0 Å². The predicted octanol–water partition coefficient (Wildman–Crippen LogP) is 1.54. The van der Waals surface area contributed by atoms with Crippen molar-refractivity contribution in [1.82, 2.24) is 30.0 Å². The van der Waals surface area contributed by atoms with Crippen LogP contribution in [0.4, 0.5) is 5.82 Å². The maximum Gasteiger partial charge on any atom is 0.239 e. The topological polar surface area (TPSA) is 78.7 Å². The second kappa shape index (κ2) is 8.80. The van der Waals surface area contributed by atoms with Crippen LogP contribution in [0.15, 0.2) is 18.5 Å². The Morgan fingerprint density at radius 2 is 1.86 bits per heavy atom. The van der Waals surface area contributed by atoms with Gasteiger partial charge in [0.25, 0.3) is 0 Å². The van der Waals surface area contributed by atoms with Crippen LogP contribution in [0.1, 0.15) is 32.1 Å². The minimum atomic E-state index is 0. The fourth-order valence-electron chi connectivity index (χ4n) is 4.77. The Kier molecular flexibility index (Phi) is 6.62. The predicted molar refractivity (Wildman–Crippen MR) is 111 cm³/mol. The second-order valence-corrected chi connectivity index (χ2v) is 7.74. The van der Waals surface area contributed by atoms with Crippen molar-refractivity contribution in [2.24, 2.45) is 5.92 Å². The van der Waals surface area contributed by atoms with Gasteiger partial charge in [-0.2, -0.15) is 4.52 Å². The van der Waals surface area contributed by atoms with Crippen molar-refractivity contribution in [2.75, 3.05) is 31.1 Å². The van der Waals surface area contributed by atoms with Gasteiger partial charge >= 0.3 is 0 Å². The van der Waals surface area contributed by atoms with E-state index in [-0.39, 0.29) is 30.9 Å². The van der Waals surface area contributed by atoms with E-state index in [9.17, 15) is 4.79 Å². The molecule has 1 aliphatic carbocycles. The molecule has 3 fully saturated rings. The van der Waals surface area contributed by atoms with Gasteiger partial charge in [0.05, 0.1) is 6.04 Å². The number of nitrogens with zero attached hydrogens (tertiary/aromatic N) is 6. The Bertz CT molecular complexity index is 794. The fraction of sp³-hybridized carbons (Fsp3) is 0.667. The van der Waals surface area contributed by atoms with Gasteiger partial charge in [-0.05, 0) is 37.3 Å². The highest BCUT2D eigenvalue weighted by molar-refractivity contribution is 5.85. The van der Waals surface area contributed by atoms with Crippen LogP contribution in [0.5, 0.6) is 0 Å². The van der Waals surface area contributed by atoms with E-state index in [4.69, 9.17) is 0 Å². The molecule has 2 aliphatic heterocycles. The van der Waals surface area contributed by atoms with Gasteiger partial charge in [0.1, 0.15) is 12.1 Å². The van der Waals surface area contributed by atoms with E-state index < -0.39 is 0 Å². The smallest absolute Gasteiger partial charge is 0.239 e. The molecule has 3 atom stereocenters. The van der Waals surface area contributed by atoms with Crippen LogP contribution in [-0.2, 0) is 4.79 Å². The van der Waals surface area contributed by atoms with Crippen molar-refractivity contribution in [2.45, 2.75) is 44.2 Å².